The molecule has 0 saturated heterocycles. The molecule has 2 saturated carbocycles. The van der Waals surface area contributed by atoms with Crippen LogP contribution in [-0.2, 0) is 0 Å². The highest BCUT2D eigenvalue weighted by atomic mass is 79.9. The Morgan fingerprint density at radius 3 is 2.62 bits per heavy atom. The van der Waals surface area contributed by atoms with E-state index in [0.29, 0.717) is 11.7 Å². The van der Waals surface area contributed by atoms with Gasteiger partial charge in [0.25, 0.3) is 0 Å². The summed E-state index contributed by atoms with van der Waals surface area (Å²) in [7, 11) is 3.26. The third kappa shape index (κ3) is 2.80. The quantitative estimate of drug-likeness (QED) is 0.855. The maximum Gasteiger partial charge on any atom is 0.142 e. The molecule has 0 radical (unpaired) electrons. The van der Waals surface area contributed by atoms with Gasteiger partial charge in [0.2, 0.25) is 0 Å². The van der Waals surface area contributed by atoms with Crippen LogP contribution in [0.4, 0.5) is 0 Å². The van der Waals surface area contributed by atoms with Gasteiger partial charge in [0.05, 0.1) is 20.3 Å². The molecule has 4 unspecified atom stereocenters. The zero-order valence-corrected chi connectivity index (χ0v) is 14.2. The predicted molar refractivity (Wildman–Crippen MR) is 85.8 cm³/mol. The zero-order valence-electron chi connectivity index (χ0n) is 12.6. The standard InChI is InChI=1S/C17H23BrO3/c1-20-15-6-5-13(17(21-2)16(15)18)14(19)9-12-8-10-3-4-11(12)7-10/h5-6,10-12,14,19H,3-4,7-9H2,1-2H3. The fourth-order valence-corrected chi connectivity index (χ4v) is 4.94. The van der Waals surface area contributed by atoms with Gasteiger partial charge >= 0.3 is 0 Å². The average molecular weight is 355 g/mol. The summed E-state index contributed by atoms with van der Waals surface area (Å²) in [5, 5.41) is 10.7. The monoisotopic (exact) mass is 354 g/mol. The van der Waals surface area contributed by atoms with Crippen LogP contribution in [-0.4, -0.2) is 19.3 Å². The van der Waals surface area contributed by atoms with Gasteiger partial charge in [-0.2, -0.15) is 0 Å². The Labute approximate surface area is 134 Å². The van der Waals surface area contributed by atoms with Crippen LogP contribution in [0.25, 0.3) is 0 Å². The first-order valence-electron chi connectivity index (χ1n) is 7.72. The van der Waals surface area contributed by atoms with Gasteiger partial charge in [-0.1, -0.05) is 6.42 Å². The Bertz CT molecular complexity index is 517. The van der Waals surface area contributed by atoms with Crippen LogP contribution in [0.2, 0.25) is 0 Å². The number of halogens is 1. The minimum atomic E-state index is -0.466. The van der Waals surface area contributed by atoms with Crippen LogP contribution in [0.15, 0.2) is 16.6 Å². The number of aliphatic hydroxyl groups is 1. The van der Waals surface area contributed by atoms with Crippen molar-refractivity contribution in [3.63, 3.8) is 0 Å². The van der Waals surface area contributed by atoms with Crippen molar-refractivity contribution >= 4 is 15.9 Å². The third-order valence-corrected chi connectivity index (χ3v) is 6.04. The summed E-state index contributed by atoms with van der Waals surface area (Å²) in [6.45, 7) is 0. The van der Waals surface area contributed by atoms with Crippen LogP contribution >= 0.6 is 15.9 Å². The molecule has 4 atom stereocenters. The minimum absolute atomic E-state index is 0.466. The number of rotatable bonds is 5. The molecule has 0 aliphatic heterocycles. The molecule has 1 N–H and O–H groups in total. The summed E-state index contributed by atoms with van der Waals surface area (Å²) in [6.07, 6.45) is 5.80. The molecule has 2 fully saturated rings. The molecule has 2 bridgehead atoms. The lowest BCUT2D eigenvalue weighted by molar-refractivity contribution is 0.122. The first-order valence-corrected chi connectivity index (χ1v) is 8.51. The van der Waals surface area contributed by atoms with E-state index < -0.39 is 6.10 Å². The van der Waals surface area contributed by atoms with Gasteiger partial charge < -0.3 is 14.6 Å². The highest BCUT2D eigenvalue weighted by molar-refractivity contribution is 9.10. The fourth-order valence-electron chi connectivity index (χ4n) is 4.26. The van der Waals surface area contributed by atoms with Crippen LogP contribution < -0.4 is 9.47 Å². The Hall–Kier alpha value is -0.740. The van der Waals surface area contributed by atoms with E-state index in [-0.39, 0.29) is 0 Å². The molecule has 3 nitrogen and oxygen atoms in total. The first kappa shape index (κ1) is 15.2. The molecule has 0 heterocycles. The molecule has 2 aliphatic carbocycles. The molecule has 1 aromatic rings. The highest BCUT2D eigenvalue weighted by Crippen LogP contribution is 2.51. The van der Waals surface area contributed by atoms with E-state index in [0.717, 1.165) is 34.0 Å². The van der Waals surface area contributed by atoms with E-state index in [2.05, 4.69) is 15.9 Å². The van der Waals surface area contributed by atoms with Crippen molar-refractivity contribution in [2.24, 2.45) is 17.8 Å². The van der Waals surface area contributed by atoms with Crippen LogP contribution in [0.3, 0.4) is 0 Å². The Morgan fingerprint density at radius 1 is 1.24 bits per heavy atom. The van der Waals surface area contributed by atoms with E-state index in [1.807, 2.05) is 12.1 Å². The van der Waals surface area contributed by atoms with E-state index in [1.165, 1.54) is 25.7 Å². The Morgan fingerprint density at radius 2 is 2.05 bits per heavy atom. The molecule has 0 amide bonds. The molecule has 4 heteroatoms. The van der Waals surface area contributed by atoms with Gasteiger partial charge in [-0.25, -0.2) is 0 Å². The van der Waals surface area contributed by atoms with Crippen LogP contribution in [0.5, 0.6) is 11.5 Å². The van der Waals surface area contributed by atoms with Crippen molar-refractivity contribution in [1.82, 2.24) is 0 Å². The van der Waals surface area contributed by atoms with Gasteiger partial charge in [-0.15, -0.1) is 0 Å². The summed E-state index contributed by atoms with van der Waals surface area (Å²) in [4.78, 5) is 0. The number of aliphatic hydroxyl groups excluding tert-OH is 1. The fraction of sp³-hybridized carbons (Fsp3) is 0.647. The SMILES string of the molecule is COc1ccc(C(O)CC2CC3CCC2C3)c(OC)c1Br. The van der Waals surface area contributed by atoms with E-state index in [4.69, 9.17) is 9.47 Å². The number of ether oxygens (including phenoxy) is 2. The second-order valence-corrected chi connectivity index (χ2v) is 7.18. The maximum atomic E-state index is 10.7. The molecule has 116 valence electrons. The molecule has 0 spiro atoms. The maximum absolute atomic E-state index is 10.7. The summed E-state index contributed by atoms with van der Waals surface area (Å²) in [6, 6.07) is 3.80. The minimum Gasteiger partial charge on any atom is -0.495 e. The molecule has 2 aliphatic rings. The van der Waals surface area contributed by atoms with Crippen molar-refractivity contribution in [1.29, 1.82) is 0 Å². The highest BCUT2D eigenvalue weighted by Gasteiger charge is 2.40. The van der Waals surface area contributed by atoms with Gasteiger partial charge in [0.15, 0.2) is 0 Å². The van der Waals surface area contributed by atoms with Gasteiger partial charge in [0.1, 0.15) is 16.0 Å². The number of hydrogen-bond acceptors (Lipinski definition) is 3. The summed E-state index contributed by atoms with van der Waals surface area (Å²) in [5.74, 6) is 3.83. The Balaban J connectivity index is 1.78. The third-order valence-electron chi connectivity index (χ3n) is 5.29. The van der Waals surface area contributed by atoms with Crippen LogP contribution in [0, 0.1) is 17.8 Å². The van der Waals surface area contributed by atoms with Crippen molar-refractivity contribution < 1.29 is 14.6 Å². The predicted octanol–water partition coefficient (Wildman–Crippen LogP) is 4.33. The first-order chi connectivity index (χ1) is 10.1. The van der Waals surface area contributed by atoms with E-state index in [9.17, 15) is 5.11 Å². The number of fused-ring (bicyclic) bond motifs is 2. The lowest BCUT2D eigenvalue weighted by Crippen LogP contribution is -2.15. The lowest BCUT2D eigenvalue weighted by atomic mass is 9.83. The summed E-state index contributed by atoms with van der Waals surface area (Å²) < 4.78 is 11.5. The van der Waals surface area contributed by atoms with Gasteiger partial charge in [-0.05, 0) is 71.5 Å². The largest absolute Gasteiger partial charge is 0.495 e. The average Bonchev–Trinajstić information content (AvgIpc) is 3.09. The van der Waals surface area contributed by atoms with Crippen molar-refractivity contribution in [3.05, 3.63) is 22.2 Å². The van der Waals surface area contributed by atoms with Crippen molar-refractivity contribution in [3.8, 4) is 11.5 Å². The van der Waals surface area contributed by atoms with Gasteiger partial charge in [-0.3, -0.25) is 0 Å². The second kappa shape index (κ2) is 6.17. The van der Waals surface area contributed by atoms with E-state index >= 15 is 0 Å². The summed E-state index contributed by atoms with van der Waals surface area (Å²) in [5.41, 5.74) is 0.855. The Kier molecular flexibility index (Phi) is 4.46. The van der Waals surface area contributed by atoms with Crippen molar-refractivity contribution in [2.45, 2.75) is 38.2 Å². The van der Waals surface area contributed by atoms with Gasteiger partial charge in [0, 0.05) is 5.56 Å². The number of methoxy groups -OCH3 is 2. The molecule has 1 aromatic carbocycles. The second-order valence-electron chi connectivity index (χ2n) is 6.39. The number of benzene rings is 1. The van der Waals surface area contributed by atoms with Crippen molar-refractivity contribution in [2.75, 3.05) is 14.2 Å². The molecule has 21 heavy (non-hydrogen) atoms. The van der Waals surface area contributed by atoms with E-state index in [1.54, 1.807) is 14.2 Å². The molecular weight excluding hydrogens is 332 g/mol. The smallest absolute Gasteiger partial charge is 0.142 e. The topological polar surface area (TPSA) is 38.7 Å². The molecule has 3 rings (SSSR count). The molecular formula is C17H23BrO3. The lowest BCUT2D eigenvalue weighted by Gasteiger charge is -2.25. The summed E-state index contributed by atoms with van der Waals surface area (Å²) >= 11 is 3.50. The molecule has 0 aromatic heterocycles. The number of hydrogen-bond donors (Lipinski definition) is 1. The zero-order chi connectivity index (χ0) is 15.0. The normalized spacial score (nSPS) is 28.7. The van der Waals surface area contributed by atoms with Crippen LogP contribution in [0.1, 0.15) is 43.8 Å².